The Morgan fingerprint density at radius 2 is 1.53 bits per heavy atom. The SMILES string of the molecule is CCOCCN(CCOCC)CC(CN)C(F)(F)F. The van der Waals surface area contributed by atoms with Crippen LogP contribution in [0.3, 0.4) is 0 Å². The fourth-order valence-electron chi connectivity index (χ4n) is 1.59. The van der Waals surface area contributed by atoms with Gasteiger partial charge in [-0.25, -0.2) is 0 Å². The van der Waals surface area contributed by atoms with Gasteiger partial charge in [-0.15, -0.1) is 0 Å². The lowest BCUT2D eigenvalue weighted by Gasteiger charge is -2.28. The van der Waals surface area contributed by atoms with E-state index in [0.29, 0.717) is 39.5 Å². The third-order valence-electron chi connectivity index (χ3n) is 2.74. The summed E-state index contributed by atoms with van der Waals surface area (Å²) in [7, 11) is 0. The summed E-state index contributed by atoms with van der Waals surface area (Å²) in [5.41, 5.74) is 5.21. The minimum atomic E-state index is -4.26. The van der Waals surface area contributed by atoms with Crippen molar-refractivity contribution >= 4 is 0 Å². The molecule has 7 heteroatoms. The normalized spacial score (nSPS) is 14.1. The maximum atomic E-state index is 12.7. The van der Waals surface area contributed by atoms with E-state index in [0.717, 1.165) is 0 Å². The molecule has 0 saturated carbocycles. The minimum Gasteiger partial charge on any atom is -0.380 e. The molecule has 2 N–H and O–H groups in total. The lowest BCUT2D eigenvalue weighted by molar-refractivity contribution is -0.177. The third-order valence-corrected chi connectivity index (χ3v) is 2.74. The summed E-state index contributed by atoms with van der Waals surface area (Å²) in [6, 6.07) is 0. The zero-order valence-electron chi connectivity index (χ0n) is 11.7. The van der Waals surface area contributed by atoms with E-state index in [1.54, 1.807) is 4.90 Å². The first-order chi connectivity index (χ1) is 8.95. The van der Waals surface area contributed by atoms with Crippen LogP contribution < -0.4 is 5.73 Å². The van der Waals surface area contributed by atoms with Crippen molar-refractivity contribution in [3.05, 3.63) is 0 Å². The number of alkyl halides is 3. The summed E-state index contributed by atoms with van der Waals surface area (Å²) in [5.74, 6) is -1.50. The van der Waals surface area contributed by atoms with E-state index in [-0.39, 0.29) is 6.54 Å². The van der Waals surface area contributed by atoms with Crippen LogP contribution in [0.1, 0.15) is 13.8 Å². The Kier molecular flexibility index (Phi) is 10.2. The van der Waals surface area contributed by atoms with Gasteiger partial charge in [0.25, 0.3) is 0 Å². The number of hydrogen-bond donors (Lipinski definition) is 1. The summed E-state index contributed by atoms with van der Waals surface area (Å²) in [4.78, 5) is 1.69. The molecule has 0 bridgehead atoms. The van der Waals surface area contributed by atoms with E-state index in [4.69, 9.17) is 15.2 Å². The lowest BCUT2D eigenvalue weighted by atomic mass is 10.1. The molecule has 0 radical (unpaired) electrons. The van der Waals surface area contributed by atoms with E-state index in [9.17, 15) is 13.2 Å². The van der Waals surface area contributed by atoms with Gasteiger partial charge in [-0.3, -0.25) is 4.90 Å². The molecule has 0 fully saturated rings. The van der Waals surface area contributed by atoms with Crippen molar-refractivity contribution in [2.45, 2.75) is 20.0 Å². The largest absolute Gasteiger partial charge is 0.394 e. The monoisotopic (exact) mass is 286 g/mol. The van der Waals surface area contributed by atoms with Crippen LogP contribution in [0.15, 0.2) is 0 Å². The summed E-state index contributed by atoms with van der Waals surface area (Å²) in [5, 5.41) is 0. The highest BCUT2D eigenvalue weighted by Gasteiger charge is 2.39. The highest BCUT2D eigenvalue weighted by atomic mass is 19.4. The molecule has 116 valence electrons. The van der Waals surface area contributed by atoms with E-state index in [2.05, 4.69) is 0 Å². The highest BCUT2D eigenvalue weighted by molar-refractivity contribution is 4.73. The molecule has 0 rings (SSSR count). The predicted octanol–water partition coefficient (Wildman–Crippen LogP) is 1.50. The van der Waals surface area contributed by atoms with Gasteiger partial charge in [0, 0.05) is 39.4 Å². The van der Waals surface area contributed by atoms with Crippen LogP contribution in [0.25, 0.3) is 0 Å². The van der Waals surface area contributed by atoms with E-state index in [1.807, 2.05) is 13.8 Å². The van der Waals surface area contributed by atoms with E-state index < -0.39 is 18.6 Å². The van der Waals surface area contributed by atoms with Gasteiger partial charge in [0.05, 0.1) is 19.1 Å². The van der Waals surface area contributed by atoms with Gasteiger partial charge >= 0.3 is 6.18 Å². The maximum Gasteiger partial charge on any atom is 0.394 e. The summed E-state index contributed by atoms with van der Waals surface area (Å²) < 4.78 is 48.4. The number of halogens is 3. The molecule has 0 aliphatic rings. The van der Waals surface area contributed by atoms with Crippen LogP contribution in [0.4, 0.5) is 13.2 Å². The van der Waals surface area contributed by atoms with Crippen molar-refractivity contribution in [2.75, 3.05) is 52.6 Å². The van der Waals surface area contributed by atoms with Crippen LogP contribution in [-0.4, -0.2) is 63.7 Å². The predicted molar refractivity (Wildman–Crippen MR) is 68.0 cm³/mol. The van der Waals surface area contributed by atoms with E-state index >= 15 is 0 Å². The zero-order chi connectivity index (χ0) is 14.7. The molecule has 0 aliphatic heterocycles. The van der Waals surface area contributed by atoms with Crippen LogP contribution in [0.2, 0.25) is 0 Å². The molecule has 0 heterocycles. The fraction of sp³-hybridized carbons (Fsp3) is 1.00. The molecular formula is C12H25F3N2O2. The average molecular weight is 286 g/mol. The van der Waals surface area contributed by atoms with Gasteiger partial charge in [0.15, 0.2) is 0 Å². The lowest BCUT2D eigenvalue weighted by Crippen LogP contribution is -2.43. The second-order valence-electron chi connectivity index (χ2n) is 4.17. The van der Waals surface area contributed by atoms with Gasteiger partial charge < -0.3 is 15.2 Å². The molecule has 19 heavy (non-hydrogen) atoms. The quantitative estimate of drug-likeness (QED) is 0.585. The van der Waals surface area contributed by atoms with Crippen molar-refractivity contribution in [3.63, 3.8) is 0 Å². The molecule has 0 aromatic rings. The highest BCUT2D eigenvalue weighted by Crippen LogP contribution is 2.26. The first kappa shape index (κ1) is 18.6. The van der Waals surface area contributed by atoms with Gasteiger partial charge in [0.2, 0.25) is 0 Å². The maximum absolute atomic E-state index is 12.7. The number of rotatable bonds is 11. The first-order valence-electron chi connectivity index (χ1n) is 6.60. The van der Waals surface area contributed by atoms with Crippen molar-refractivity contribution in [2.24, 2.45) is 11.7 Å². The van der Waals surface area contributed by atoms with Crippen molar-refractivity contribution in [1.82, 2.24) is 4.90 Å². The molecule has 1 atom stereocenters. The van der Waals surface area contributed by atoms with Gasteiger partial charge in [-0.05, 0) is 13.8 Å². The third kappa shape index (κ3) is 9.21. The summed E-state index contributed by atoms with van der Waals surface area (Å²) in [6.07, 6.45) is -4.26. The molecule has 0 spiro atoms. The summed E-state index contributed by atoms with van der Waals surface area (Å²) in [6.45, 7) is 6.03. The zero-order valence-corrected chi connectivity index (χ0v) is 11.7. The minimum absolute atomic E-state index is 0.111. The van der Waals surface area contributed by atoms with Crippen molar-refractivity contribution in [1.29, 1.82) is 0 Å². The second-order valence-corrected chi connectivity index (χ2v) is 4.17. The Morgan fingerprint density at radius 1 is 1.05 bits per heavy atom. The number of nitrogens with zero attached hydrogens (tertiary/aromatic N) is 1. The molecule has 0 saturated heterocycles. The number of nitrogens with two attached hydrogens (primary N) is 1. The van der Waals surface area contributed by atoms with Crippen LogP contribution in [0, 0.1) is 5.92 Å². The Hall–Kier alpha value is -0.370. The second kappa shape index (κ2) is 10.4. The van der Waals surface area contributed by atoms with Crippen LogP contribution >= 0.6 is 0 Å². The van der Waals surface area contributed by atoms with Gasteiger partial charge in [0.1, 0.15) is 0 Å². The molecule has 0 aromatic carbocycles. The Morgan fingerprint density at radius 3 is 1.84 bits per heavy atom. The molecular weight excluding hydrogens is 261 g/mol. The Balaban J connectivity index is 4.28. The van der Waals surface area contributed by atoms with E-state index in [1.165, 1.54) is 0 Å². The standard InChI is InChI=1S/C12H25F3N2O2/c1-3-18-7-5-17(6-8-19-4-2)10-11(9-16)12(13,14)15/h11H,3-10,16H2,1-2H3. The average Bonchev–Trinajstić information content (AvgIpc) is 2.34. The molecule has 0 aliphatic carbocycles. The van der Waals surface area contributed by atoms with Crippen LogP contribution in [-0.2, 0) is 9.47 Å². The summed E-state index contributed by atoms with van der Waals surface area (Å²) >= 11 is 0. The molecule has 1 unspecified atom stereocenters. The van der Waals surface area contributed by atoms with Gasteiger partial charge in [-0.1, -0.05) is 0 Å². The van der Waals surface area contributed by atoms with Crippen molar-refractivity contribution in [3.8, 4) is 0 Å². The molecule has 0 amide bonds. The topological polar surface area (TPSA) is 47.7 Å². The van der Waals surface area contributed by atoms with Crippen molar-refractivity contribution < 1.29 is 22.6 Å². The Labute approximate surface area is 113 Å². The fourth-order valence-corrected chi connectivity index (χ4v) is 1.59. The Bertz CT molecular complexity index is 206. The first-order valence-corrected chi connectivity index (χ1v) is 6.60. The smallest absolute Gasteiger partial charge is 0.380 e. The van der Waals surface area contributed by atoms with Crippen LogP contribution in [0.5, 0.6) is 0 Å². The number of hydrogen-bond acceptors (Lipinski definition) is 4. The molecule has 4 nitrogen and oxygen atoms in total. The molecule has 0 aromatic heterocycles. The number of ether oxygens (including phenoxy) is 2. The van der Waals surface area contributed by atoms with Gasteiger partial charge in [-0.2, -0.15) is 13.2 Å².